The summed E-state index contributed by atoms with van der Waals surface area (Å²) in [6.45, 7) is 4.32. The predicted octanol–water partition coefficient (Wildman–Crippen LogP) is 0.740. The molecule has 4 atom stereocenters. The molecule has 3 saturated heterocycles. The van der Waals surface area contributed by atoms with Gasteiger partial charge in [0, 0.05) is 51.7 Å². The fraction of sp³-hybridized carbons (Fsp3) is 0.536. The molecule has 0 N–H and O–H groups in total. The van der Waals surface area contributed by atoms with E-state index in [0.717, 1.165) is 13.1 Å². The Morgan fingerprint density at radius 2 is 1.36 bits per heavy atom. The summed E-state index contributed by atoms with van der Waals surface area (Å²) in [6, 6.07) is 9.18. The van der Waals surface area contributed by atoms with Crippen molar-refractivity contribution in [3.05, 3.63) is 60.2 Å². The summed E-state index contributed by atoms with van der Waals surface area (Å²) in [7, 11) is 4.36. The van der Waals surface area contributed by atoms with Gasteiger partial charge in [-0.25, -0.2) is 0 Å². The van der Waals surface area contributed by atoms with Gasteiger partial charge in [0.05, 0.1) is 50.9 Å². The van der Waals surface area contributed by atoms with Crippen LogP contribution in [-0.4, -0.2) is 116 Å². The van der Waals surface area contributed by atoms with Crippen LogP contribution < -0.4 is 0 Å². The summed E-state index contributed by atoms with van der Waals surface area (Å²) >= 11 is 0. The summed E-state index contributed by atoms with van der Waals surface area (Å²) in [4.78, 5) is 58.0. The summed E-state index contributed by atoms with van der Waals surface area (Å²) in [5.74, 6) is -1.90. The molecule has 11 heteroatoms. The average molecular weight is 538 g/mol. The van der Waals surface area contributed by atoms with E-state index in [-0.39, 0.29) is 13.1 Å². The maximum absolute atomic E-state index is 14.9. The van der Waals surface area contributed by atoms with Gasteiger partial charge in [-0.3, -0.25) is 39.1 Å². The first-order valence-corrected chi connectivity index (χ1v) is 13.2. The van der Waals surface area contributed by atoms with Crippen molar-refractivity contribution in [1.82, 2.24) is 24.7 Å². The minimum absolute atomic E-state index is 0.0854. The van der Waals surface area contributed by atoms with E-state index in [1.807, 2.05) is 29.0 Å². The smallest absolute Gasteiger partial charge is 0.322 e. The molecule has 0 spiro atoms. The van der Waals surface area contributed by atoms with E-state index in [4.69, 9.17) is 14.2 Å². The van der Waals surface area contributed by atoms with Gasteiger partial charge in [0.15, 0.2) is 16.6 Å². The molecule has 208 valence electrons. The number of pyridine rings is 2. The molecular formula is C28H35N5O6. The van der Waals surface area contributed by atoms with Gasteiger partial charge in [-0.15, -0.1) is 0 Å². The topological polar surface area (TPSA) is 114 Å². The van der Waals surface area contributed by atoms with E-state index >= 15 is 0 Å². The minimum Gasteiger partial charge on any atom is -0.468 e. The highest BCUT2D eigenvalue weighted by Crippen LogP contribution is 2.60. The number of ketones is 1. The quantitative estimate of drug-likeness (QED) is 0.368. The Morgan fingerprint density at radius 3 is 1.79 bits per heavy atom. The average Bonchev–Trinajstić information content (AvgIpc) is 2.98. The lowest BCUT2D eigenvalue weighted by atomic mass is 9.54. The number of hydrogen-bond acceptors (Lipinski definition) is 11. The van der Waals surface area contributed by atoms with Gasteiger partial charge in [-0.05, 0) is 31.3 Å². The summed E-state index contributed by atoms with van der Waals surface area (Å²) in [6.07, 6.45) is 3.27. The lowest BCUT2D eigenvalue weighted by Crippen LogP contribution is -2.75. The maximum atomic E-state index is 14.9. The zero-order chi connectivity index (χ0) is 27.6. The molecule has 2 aromatic rings. The van der Waals surface area contributed by atoms with Crippen LogP contribution in [-0.2, 0) is 28.6 Å². The predicted molar refractivity (Wildman–Crippen MR) is 139 cm³/mol. The number of rotatable bonds is 7. The highest BCUT2D eigenvalue weighted by atomic mass is 16.5. The molecule has 2 unspecified atom stereocenters. The number of esters is 2. The molecule has 0 aromatic carbocycles. The van der Waals surface area contributed by atoms with Crippen molar-refractivity contribution in [2.75, 3.05) is 73.7 Å². The van der Waals surface area contributed by atoms with Crippen LogP contribution in [0, 0.1) is 10.8 Å². The molecule has 0 saturated carbocycles. The van der Waals surface area contributed by atoms with Crippen LogP contribution in [0.25, 0.3) is 0 Å². The number of likely N-dealkylation sites (tertiary alicyclic amines) is 2. The fourth-order valence-electron chi connectivity index (χ4n) is 6.73. The molecule has 0 amide bonds. The Bertz CT molecular complexity index is 1110. The number of fused-ring (bicyclic) bond motifs is 2. The monoisotopic (exact) mass is 537 g/mol. The lowest BCUT2D eigenvalue weighted by Gasteiger charge is -2.60. The third-order valence-electron chi connectivity index (χ3n) is 8.38. The largest absolute Gasteiger partial charge is 0.468 e. The second-order valence-electron chi connectivity index (χ2n) is 10.4. The molecule has 5 rings (SSSR count). The summed E-state index contributed by atoms with van der Waals surface area (Å²) < 4.78 is 16.2. The molecule has 0 radical (unpaired) electrons. The third-order valence-corrected chi connectivity index (χ3v) is 8.38. The molecule has 39 heavy (non-hydrogen) atoms. The van der Waals surface area contributed by atoms with E-state index in [2.05, 4.69) is 14.9 Å². The van der Waals surface area contributed by atoms with Crippen molar-refractivity contribution in [1.29, 1.82) is 0 Å². The molecule has 2 aromatic heterocycles. The molecule has 5 heterocycles. The summed E-state index contributed by atoms with van der Waals surface area (Å²) in [5.41, 5.74) is -2.37. The second-order valence-corrected chi connectivity index (χ2v) is 10.4. The molecule has 3 fully saturated rings. The number of Topliss-reactive ketones (excluding diaryl/α,β-unsaturated/α-hetero) is 1. The first-order valence-electron chi connectivity index (χ1n) is 13.2. The van der Waals surface area contributed by atoms with E-state index < -0.39 is 40.6 Å². The molecule has 2 bridgehead atoms. The Labute approximate surface area is 228 Å². The minimum atomic E-state index is -1.72. The van der Waals surface area contributed by atoms with Crippen LogP contribution in [0.1, 0.15) is 23.5 Å². The van der Waals surface area contributed by atoms with Gasteiger partial charge >= 0.3 is 11.9 Å². The molecule has 11 nitrogen and oxygen atoms in total. The number of morpholine rings is 1. The Balaban J connectivity index is 1.70. The molecular weight excluding hydrogens is 502 g/mol. The third kappa shape index (κ3) is 4.43. The number of methoxy groups -OCH3 is 2. The Morgan fingerprint density at radius 1 is 0.872 bits per heavy atom. The highest BCUT2D eigenvalue weighted by Gasteiger charge is 2.75. The first kappa shape index (κ1) is 27.3. The van der Waals surface area contributed by atoms with Crippen LogP contribution in [0.2, 0.25) is 0 Å². The summed E-state index contributed by atoms with van der Waals surface area (Å²) in [5, 5.41) is 0. The number of aromatic nitrogens is 2. The van der Waals surface area contributed by atoms with Crippen LogP contribution in [0.4, 0.5) is 0 Å². The SMILES string of the molecule is COC(=O)C12CN(CCN3CCOCC3)CC(C(=O)OC)(C1=O)[C@@H](c1ccccn1)N(C)[C@H]2c1ccccn1. The highest BCUT2D eigenvalue weighted by molar-refractivity contribution is 6.17. The number of nitrogens with zero attached hydrogens (tertiary/aromatic N) is 5. The standard InChI is InChI=1S/C28H35N5O6/c1-31-22(20-8-4-6-10-29-20)27(25(35)37-2)18-33(13-12-32-14-16-39-17-15-32)19-28(24(27)34,26(36)38-3)23(31)21-9-5-7-11-30-21/h4-11,22-23H,12-19H2,1-3H3/t22-,23+,27?,28?. The number of piperidine rings is 2. The lowest BCUT2D eigenvalue weighted by molar-refractivity contribution is -0.204. The first-order chi connectivity index (χ1) is 18.9. The zero-order valence-electron chi connectivity index (χ0n) is 22.6. The van der Waals surface area contributed by atoms with Crippen LogP contribution in [0.15, 0.2) is 48.8 Å². The van der Waals surface area contributed by atoms with Crippen molar-refractivity contribution >= 4 is 17.7 Å². The van der Waals surface area contributed by atoms with Gasteiger partial charge in [0.1, 0.15) is 0 Å². The number of carbonyl (C=O) groups excluding carboxylic acids is 3. The molecule has 3 aliphatic rings. The van der Waals surface area contributed by atoms with Gasteiger partial charge in [0.25, 0.3) is 0 Å². The van der Waals surface area contributed by atoms with E-state index in [1.54, 1.807) is 36.7 Å². The van der Waals surface area contributed by atoms with E-state index in [0.29, 0.717) is 37.7 Å². The number of hydrogen-bond donors (Lipinski definition) is 0. The molecule has 3 aliphatic heterocycles. The van der Waals surface area contributed by atoms with Crippen molar-refractivity contribution in [3.63, 3.8) is 0 Å². The Kier molecular flexibility index (Phi) is 7.77. The van der Waals surface area contributed by atoms with Crippen LogP contribution in [0.3, 0.4) is 0 Å². The number of ether oxygens (including phenoxy) is 3. The van der Waals surface area contributed by atoms with Crippen LogP contribution >= 0.6 is 0 Å². The number of carbonyl (C=O) groups is 3. The van der Waals surface area contributed by atoms with Crippen molar-refractivity contribution in [3.8, 4) is 0 Å². The van der Waals surface area contributed by atoms with Gasteiger partial charge < -0.3 is 14.2 Å². The normalized spacial score (nSPS) is 30.1. The molecule has 0 aliphatic carbocycles. The van der Waals surface area contributed by atoms with Gasteiger partial charge in [-0.2, -0.15) is 0 Å². The fourth-order valence-corrected chi connectivity index (χ4v) is 6.73. The van der Waals surface area contributed by atoms with E-state index in [9.17, 15) is 14.4 Å². The van der Waals surface area contributed by atoms with Gasteiger partial charge in [0.2, 0.25) is 0 Å². The van der Waals surface area contributed by atoms with Crippen LogP contribution in [0.5, 0.6) is 0 Å². The maximum Gasteiger partial charge on any atom is 0.322 e. The van der Waals surface area contributed by atoms with E-state index in [1.165, 1.54) is 14.2 Å². The zero-order valence-corrected chi connectivity index (χ0v) is 22.6. The Hall–Kier alpha value is -3.25. The van der Waals surface area contributed by atoms with Gasteiger partial charge in [-0.1, -0.05) is 12.1 Å². The van der Waals surface area contributed by atoms with Crippen molar-refractivity contribution in [2.45, 2.75) is 12.1 Å². The second kappa shape index (κ2) is 11.1. The van der Waals surface area contributed by atoms with Crippen molar-refractivity contribution < 1.29 is 28.6 Å². The van der Waals surface area contributed by atoms with Crippen molar-refractivity contribution in [2.24, 2.45) is 10.8 Å².